The molecule has 2 atom stereocenters. The van der Waals surface area contributed by atoms with E-state index in [-0.39, 0.29) is 38.6 Å². The van der Waals surface area contributed by atoms with Gasteiger partial charge in [0.25, 0.3) is 0 Å². The molecule has 474 valence electrons. The molecule has 0 rings (SSSR count). The van der Waals surface area contributed by atoms with Gasteiger partial charge in [-0.2, -0.15) is 0 Å². The summed E-state index contributed by atoms with van der Waals surface area (Å²) in [6.45, 7) is 3.82. The SMILES string of the molecule is CCCCCCC/C=C\C/C=C\CCCCCCCCCCCCCCCCCCCCCCCC(=O)OC(COC(=O)CCCCCCCCCCCCCCCCCCCCCCCCCCCC)COP(=O)(O)OCCN. The topological polar surface area (TPSA) is 134 Å². The Balaban J connectivity index is 3.80. The number of carbonyl (C=O) groups excluding carboxylic acids is 2. The lowest BCUT2D eigenvalue weighted by Crippen LogP contribution is -2.29. The first-order valence-electron chi connectivity index (χ1n) is 35.3. The van der Waals surface area contributed by atoms with E-state index in [9.17, 15) is 19.0 Å². The number of carbonyl (C=O) groups is 2. The number of unbranched alkanes of at least 4 members (excludes halogenated alkanes) is 51. The van der Waals surface area contributed by atoms with Gasteiger partial charge in [-0.15, -0.1) is 0 Å². The molecule has 2 unspecified atom stereocenters. The maximum atomic E-state index is 12.8. The third-order valence-electron chi connectivity index (χ3n) is 16.1. The number of esters is 2. The lowest BCUT2D eigenvalue weighted by atomic mass is 10.0. The lowest BCUT2D eigenvalue weighted by molar-refractivity contribution is -0.161. The molecule has 0 fully saturated rings. The Morgan fingerprint density at radius 1 is 0.375 bits per heavy atom. The second-order valence-corrected chi connectivity index (χ2v) is 25.6. The van der Waals surface area contributed by atoms with Crippen LogP contribution in [0.25, 0.3) is 0 Å². The molecule has 0 heterocycles. The first-order chi connectivity index (χ1) is 39.3. The number of hydrogen-bond acceptors (Lipinski definition) is 8. The predicted octanol–water partition coefficient (Wildman–Crippen LogP) is 22.9. The summed E-state index contributed by atoms with van der Waals surface area (Å²) in [6, 6.07) is 0. The van der Waals surface area contributed by atoms with Crippen LogP contribution in [0, 0.1) is 0 Å². The Hall–Kier alpha value is -1.51. The van der Waals surface area contributed by atoms with Gasteiger partial charge in [0.15, 0.2) is 6.10 Å². The van der Waals surface area contributed by atoms with Crippen molar-refractivity contribution in [2.45, 2.75) is 386 Å². The van der Waals surface area contributed by atoms with E-state index in [1.165, 1.54) is 308 Å². The number of allylic oxidation sites excluding steroid dienone is 4. The quantitative estimate of drug-likeness (QED) is 0.0264. The summed E-state index contributed by atoms with van der Waals surface area (Å²) in [6.07, 6.45) is 81.4. The van der Waals surface area contributed by atoms with Crippen molar-refractivity contribution in [2.24, 2.45) is 5.73 Å². The molecule has 0 aromatic heterocycles. The second-order valence-electron chi connectivity index (χ2n) is 24.1. The average molecular weight is 1150 g/mol. The highest BCUT2D eigenvalue weighted by atomic mass is 31.2. The Kier molecular flexibility index (Phi) is 65.4. The number of nitrogens with two attached hydrogens (primary N) is 1. The van der Waals surface area contributed by atoms with Gasteiger partial charge in [0.1, 0.15) is 6.61 Å². The van der Waals surface area contributed by atoms with Crippen molar-refractivity contribution in [1.82, 2.24) is 0 Å². The first-order valence-corrected chi connectivity index (χ1v) is 36.8. The molecule has 0 aromatic rings. The molecule has 80 heavy (non-hydrogen) atoms. The van der Waals surface area contributed by atoms with E-state index >= 15 is 0 Å². The van der Waals surface area contributed by atoms with Gasteiger partial charge in [-0.05, 0) is 44.9 Å². The zero-order valence-corrected chi connectivity index (χ0v) is 54.2. The summed E-state index contributed by atoms with van der Waals surface area (Å²) in [5, 5.41) is 0. The number of rotatable bonds is 68. The van der Waals surface area contributed by atoms with Gasteiger partial charge in [-0.25, -0.2) is 4.57 Å². The number of phosphoric ester groups is 1. The van der Waals surface area contributed by atoms with Gasteiger partial charge in [0.2, 0.25) is 0 Å². The Labute approximate surface area is 497 Å². The van der Waals surface area contributed by atoms with Crippen LogP contribution in [0.1, 0.15) is 380 Å². The molecule has 0 radical (unpaired) electrons. The van der Waals surface area contributed by atoms with Gasteiger partial charge in [-0.1, -0.05) is 346 Å². The summed E-state index contributed by atoms with van der Waals surface area (Å²) in [5.41, 5.74) is 5.40. The fraction of sp³-hybridized carbons (Fsp3) is 0.914. The van der Waals surface area contributed by atoms with E-state index in [1.807, 2.05) is 0 Å². The monoisotopic (exact) mass is 1150 g/mol. The van der Waals surface area contributed by atoms with Crippen LogP contribution in [-0.4, -0.2) is 49.3 Å². The van der Waals surface area contributed by atoms with Crippen LogP contribution in [0.3, 0.4) is 0 Å². The van der Waals surface area contributed by atoms with E-state index in [0.717, 1.165) is 38.5 Å². The summed E-state index contributed by atoms with van der Waals surface area (Å²) in [7, 11) is -4.39. The normalized spacial score (nSPS) is 13.0. The first kappa shape index (κ1) is 78.5. The Bertz CT molecular complexity index is 1360. The average Bonchev–Trinajstić information content (AvgIpc) is 3.45. The van der Waals surface area contributed by atoms with Gasteiger partial charge in [-0.3, -0.25) is 18.6 Å². The maximum absolute atomic E-state index is 12.8. The van der Waals surface area contributed by atoms with Crippen LogP contribution in [0.4, 0.5) is 0 Å². The highest BCUT2D eigenvalue weighted by molar-refractivity contribution is 7.47. The van der Waals surface area contributed by atoms with Crippen LogP contribution >= 0.6 is 7.82 Å². The van der Waals surface area contributed by atoms with Crippen molar-refractivity contribution in [1.29, 1.82) is 0 Å². The molecule has 10 heteroatoms. The number of ether oxygens (including phenoxy) is 2. The van der Waals surface area contributed by atoms with E-state index in [4.69, 9.17) is 24.3 Å². The molecule has 0 saturated carbocycles. The maximum Gasteiger partial charge on any atom is 0.472 e. The molecule has 3 N–H and O–H groups in total. The molecule has 0 aromatic carbocycles. The highest BCUT2D eigenvalue weighted by Gasteiger charge is 2.26. The van der Waals surface area contributed by atoms with Crippen molar-refractivity contribution in [3.8, 4) is 0 Å². The molecule has 0 aliphatic heterocycles. The van der Waals surface area contributed by atoms with Crippen molar-refractivity contribution in [2.75, 3.05) is 26.4 Å². The molecule has 0 saturated heterocycles. The number of hydrogen-bond donors (Lipinski definition) is 2. The van der Waals surface area contributed by atoms with Gasteiger partial charge >= 0.3 is 19.8 Å². The molecule has 0 aliphatic carbocycles. The minimum absolute atomic E-state index is 0.0572. The van der Waals surface area contributed by atoms with Gasteiger partial charge < -0.3 is 20.1 Å². The molecular weight excluding hydrogens is 1010 g/mol. The minimum Gasteiger partial charge on any atom is -0.462 e. The van der Waals surface area contributed by atoms with E-state index in [2.05, 4.69) is 38.2 Å². The molecule has 0 spiro atoms. The van der Waals surface area contributed by atoms with Crippen molar-refractivity contribution < 1.29 is 37.6 Å². The third-order valence-corrected chi connectivity index (χ3v) is 17.1. The zero-order valence-electron chi connectivity index (χ0n) is 53.3. The summed E-state index contributed by atoms with van der Waals surface area (Å²) < 4.78 is 33.2. The minimum atomic E-state index is -4.39. The third kappa shape index (κ3) is 65.6. The van der Waals surface area contributed by atoms with Crippen LogP contribution in [0.15, 0.2) is 24.3 Å². The summed E-state index contributed by atoms with van der Waals surface area (Å²) >= 11 is 0. The predicted molar refractivity (Wildman–Crippen MR) is 344 cm³/mol. The van der Waals surface area contributed by atoms with Crippen molar-refractivity contribution in [3.05, 3.63) is 24.3 Å². The van der Waals surface area contributed by atoms with Gasteiger partial charge in [0, 0.05) is 19.4 Å². The molecule has 0 aliphatic rings. The fourth-order valence-corrected chi connectivity index (χ4v) is 11.6. The molecule has 9 nitrogen and oxygen atoms in total. The summed E-state index contributed by atoms with van der Waals surface area (Å²) in [5.74, 6) is -0.801. The van der Waals surface area contributed by atoms with Crippen molar-refractivity contribution in [3.63, 3.8) is 0 Å². The Morgan fingerprint density at radius 2 is 0.650 bits per heavy atom. The second kappa shape index (κ2) is 66.6. The van der Waals surface area contributed by atoms with Crippen LogP contribution in [-0.2, 0) is 32.7 Å². The fourth-order valence-electron chi connectivity index (χ4n) is 10.8. The van der Waals surface area contributed by atoms with E-state index in [0.29, 0.717) is 6.42 Å². The van der Waals surface area contributed by atoms with Crippen LogP contribution in [0.5, 0.6) is 0 Å². The van der Waals surface area contributed by atoms with Crippen LogP contribution < -0.4 is 5.73 Å². The Morgan fingerprint density at radius 3 is 0.950 bits per heavy atom. The van der Waals surface area contributed by atoms with Gasteiger partial charge in [0.05, 0.1) is 13.2 Å². The largest absolute Gasteiger partial charge is 0.472 e. The summed E-state index contributed by atoms with van der Waals surface area (Å²) in [4.78, 5) is 35.3. The van der Waals surface area contributed by atoms with E-state index in [1.54, 1.807) is 0 Å². The zero-order chi connectivity index (χ0) is 58.0. The smallest absolute Gasteiger partial charge is 0.462 e. The van der Waals surface area contributed by atoms with E-state index < -0.39 is 26.5 Å². The molecule has 0 amide bonds. The lowest BCUT2D eigenvalue weighted by Gasteiger charge is -2.19. The molecule has 0 bridgehead atoms. The van der Waals surface area contributed by atoms with Crippen molar-refractivity contribution >= 4 is 19.8 Å². The highest BCUT2D eigenvalue weighted by Crippen LogP contribution is 2.43. The molecular formula is C70H136NO8P. The standard InChI is InChI=1S/C70H136NO8P/c1-3-5-7-9-11-13-15-17-19-21-23-25-27-29-31-32-33-34-35-36-37-39-41-43-45-47-49-51-53-55-57-59-61-63-70(73)79-68(67-78-80(74,75)77-65-64-71)66-76-69(72)62-60-58-56-54-52-50-48-46-44-42-40-38-30-28-26-24-22-20-18-16-14-12-10-8-6-4-2/h15,17,21,23,68H,3-14,16,18-20,22,24-67,71H2,1-2H3,(H,74,75)/b17-15-,23-21-. The van der Waals surface area contributed by atoms with Crippen LogP contribution in [0.2, 0.25) is 0 Å². The number of phosphoric acid groups is 1.